The van der Waals surface area contributed by atoms with E-state index >= 15 is 0 Å². The molecule has 4 heteroatoms. The quantitative estimate of drug-likeness (QED) is 0.595. The molecule has 0 saturated heterocycles. The van der Waals surface area contributed by atoms with E-state index in [1.807, 2.05) is 41.5 Å². The molecule has 0 heterocycles. The molecular weight excluding hydrogens is 292 g/mol. The van der Waals surface area contributed by atoms with Gasteiger partial charge in [0.1, 0.15) is 11.2 Å². The molecule has 0 aromatic rings. The number of esters is 2. The number of ether oxygens (including phenoxy) is 2. The van der Waals surface area contributed by atoms with Gasteiger partial charge in [0.15, 0.2) is 0 Å². The lowest BCUT2D eigenvalue weighted by Crippen LogP contribution is -2.42. The summed E-state index contributed by atoms with van der Waals surface area (Å²) in [6.45, 7) is 19.1. The van der Waals surface area contributed by atoms with Crippen molar-refractivity contribution in [2.45, 2.75) is 99.7 Å². The second-order valence-electron chi connectivity index (χ2n) is 9.26. The van der Waals surface area contributed by atoms with E-state index in [2.05, 4.69) is 20.8 Å². The second-order valence-corrected chi connectivity index (χ2v) is 9.26. The summed E-state index contributed by atoms with van der Waals surface area (Å²) in [4.78, 5) is 23.9. The van der Waals surface area contributed by atoms with Gasteiger partial charge in [0, 0.05) is 13.3 Å². The highest BCUT2D eigenvalue weighted by Gasteiger charge is 2.41. The van der Waals surface area contributed by atoms with Gasteiger partial charge in [0.05, 0.1) is 5.41 Å². The van der Waals surface area contributed by atoms with Crippen molar-refractivity contribution in [1.29, 1.82) is 0 Å². The zero-order chi connectivity index (χ0) is 18.7. The first-order chi connectivity index (χ1) is 10.0. The van der Waals surface area contributed by atoms with Crippen molar-refractivity contribution in [3.8, 4) is 0 Å². The standard InChI is InChI=1S/C19H36O4/c1-11-16(3,4)12-18(7,8)23-15(21)17(5,6)13-19(9,10)22-14(2)20/h11-13H2,1-10H3. The van der Waals surface area contributed by atoms with Gasteiger partial charge < -0.3 is 9.47 Å². The van der Waals surface area contributed by atoms with E-state index in [0.29, 0.717) is 6.42 Å². The molecule has 0 rings (SSSR count). The Morgan fingerprint density at radius 3 is 1.61 bits per heavy atom. The molecule has 0 unspecified atom stereocenters. The van der Waals surface area contributed by atoms with Gasteiger partial charge in [-0.3, -0.25) is 9.59 Å². The third-order valence-electron chi connectivity index (χ3n) is 4.07. The Morgan fingerprint density at radius 1 is 0.783 bits per heavy atom. The molecule has 0 aromatic carbocycles. The Hall–Kier alpha value is -1.06. The number of carbonyl (C=O) groups excluding carboxylic acids is 2. The van der Waals surface area contributed by atoms with Crippen LogP contribution >= 0.6 is 0 Å². The van der Waals surface area contributed by atoms with Crippen LogP contribution in [0.2, 0.25) is 0 Å². The van der Waals surface area contributed by atoms with Gasteiger partial charge in [0.2, 0.25) is 0 Å². The highest BCUT2D eigenvalue weighted by atomic mass is 16.6. The maximum atomic E-state index is 12.7. The monoisotopic (exact) mass is 328 g/mol. The molecule has 4 nitrogen and oxygen atoms in total. The summed E-state index contributed by atoms with van der Waals surface area (Å²) < 4.78 is 11.1. The second kappa shape index (κ2) is 7.23. The fourth-order valence-electron chi connectivity index (χ4n) is 3.26. The molecule has 0 aliphatic rings. The Bertz CT molecular complexity index is 431. The Kier molecular flexibility index (Phi) is 6.89. The van der Waals surface area contributed by atoms with E-state index in [4.69, 9.17) is 9.47 Å². The lowest BCUT2D eigenvalue weighted by Gasteiger charge is -2.38. The molecule has 0 aliphatic heterocycles. The molecule has 136 valence electrons. The lowest BCUT2D eigenvalue weighted by atomic mass is 9.78. The minimum absolute atomic E-state index is 0.116. The van der Waals surface area contributed by atoms with Crippen molar-refractivity contribution in [1.82, 2.24) is 0 Å². The summed E-state index contributed by atoms with van der Waals surface area (Å²) >= 11 is 0. The van der Waals surface area contributed by atoms with Crippen molar-refractivity contribution in [3.63, 3.8) is 0 Å². The van der Waals surface area contributed by atoms with Crippen LogP contribution in [0.4, 0.5) is 0 Å². The van der Waals surface area contributed by atoms with Crippen LogP contribution < -0.4 is 0 Å². The van der Waals surface area contributed by atoms with Crippen LogP contribution in [0.5, 0.6) is 0 Å². The van der Waals surface area contributed by atoms with Crippen molar-refractivity contribution < 1.29 is 19.1 Å². The predicted molar refractivity (Wildman–Crippen MR) is 93.1 cm³/mol. The van der Waals surface area contributed by atoms with Gasteiger partial charge in [-0.2, -0.15) is 0 Å². The highest BCUT2D eigenvalue weighted by Crippen LogP contribution is 2.37. The molecule has 0 fully saturated rings. The molecule has 0 aliphatic carbocycles. The molecule has 0 bridgehead atoms. The van der Waals surface area contributed by atoms with Crippen molar-refractivity contribution in [2.24, 2.45) is 10.8 Å². The van der Waals surface area contributed by atoms with Crippen LogP contribution in [-0.2, 0) is 19.1 Å². The smallest absolute Gasteiger partial charge is 0.312 e. The molecule has 23 heavy (non-hydrogen) atoms. The van der Waals surface area contributed by atoms with Gasteiger partial charge in [-0.15, -0.1) is 0 Å². The highest BCUT2D eigenvalue weighted by molar-refractivity contribution is 5.76. The van der Waals surface area contributed by atoms with Gasteiger partial charge in [-0.25, -0.2) is 0 Å². The zero-order valence-electron chi connectivity index (χ0n) is 16.8. The van der Waals surface area contributed by atoms with Crippen molar-refractivity contribution in [2.75, 3.05) is 0 Å². The molecule has 0 radical (unpaired) electrons. The average molecular weight is 328 g/mol. The fourth-order valence-corrected chi connectivity index (χ4v) is 3.26. The molecule has 0 spiro atoms. The van der Waals surface area contributed by atoms with E-state index in [1.54, 1.807) is 0 Å². The molecule has 0 saturated carbocycles. The van der Waals surface area contributed by atoms with Gasteiger partial charge in [0.25, 0.3) is 0 Å². The first kappa shape index (κ1) is 21.9. The minimum atomic E-state index is -0.730. The van der Waals surface area contributed by atoms with Crippen LogP contribution in [0, 0.1) is 10.8 Å². The number of hydrogen-bond acceptors (Lipinski definition) is 4. The van der Waals surface area contributed by atoms with Crippen LogP contribution in [0.25, 0.3) is 0 Å². The van der Waals surface area contributed by atoms with E-state index in [0.717, 1.165) is 12.8 Å². The van der Waals surface area contributed by atoms with E-state index in [9.17, 15) is 9.59 Å². The van der Waals surface area contributed by atoms with Crippen LogP contribution in [-0.4, -0.2) is 23.1 Å². The zero-order valence-corrected chi connectivity index (χ0v) is 16.8. The van der Waals surface area contributed by atoms with E-state index in [-0.39, 0.29) is 17.4 Å². The maximum absolute atomic E-state index is 12.7. The minimum Gasteiger partial charge on any atom is -0.460 e. The normalized spacial score (nSPS) is 13.7. The fraction of sp³-hybridized carbons (Fsp3) is 0.895. The number of carbonyl (C=O) groups is 2. The number of rotatable bonds is 8. The summed E-state index contributed by atoms with van der Waals surface area (Å²) in [5.41, 5.74) is -1.85. The third kappa shape index (κ3) is 8.38. The largest absolute Gasteiger partial charge is 0.460 e. The predicted octanol–water partition coefficient (Wildman–Crippen LogP) is 4.89. The molecule has 0 amide bonds. The van der Waals surface area contributed by atoms with E-state index < -0.39 is 16.6 Å². The summed E-state index contributed by atoms with van der Waals surface area (Å²) in [6.07, 6.45) is 2.23. The SMILES string of the molecule is CCC(C)(C)CC(C)(C)OC(=O)C(C)(C)CC(C)(C)OC(C)=O. The first-order valence-corrected chi connectivity index (χ1v) is 8.45. The molecule has 0 N–H and O–H groups in total. The van der Waals surface area contributed by atoms with Crippen LogP contribution in [0.3, 0.4) is 0 Å². The third-order valence-corrected chi connectivity index (χ3v) is 4.07. The topological polar surface area (TPSA) is 52.6 Å². The van der Waals surface area contributed by atoms with Crippen molar-refractivity contribution in [3.05, 3.63) is 0 Å². The average Bonchev–Trinajstić information content (AvgIpc) is 2.22. The molecule has 0 aromatic heterocycles. The van der Waals surface area contributed by atoms with Crippen LogP contribution in [0.1, 0.15) is 88.5 Å². The molecule has 0 atom stereocenters. The van der Waals surface area contributed by atoms with Gasteiger partial charge in [-0.1, -0.05) is 27.2 Å². The lowest BCUT2D eigenvalue weighted by molar-refractivity contribution is -0.177. The summed E-state index contributed by atoms with van der Waals surface area (Å²) in [6, 6.07) is 0. The Morgan fingerprint density at radius 2 is 1.22 bits per heavy atom. The summed E-state index contributed by atoms with van der Waals surface area (Å²) in [7, 11) is 0. The Balaban J connectivity index is 4.96. The van der Waals surface area contributed by atoms with Crippen LogP contribution in [0.15, 0.2) is 0 Å². The Labute approximate surface area is 142 Å². The summed E-state index contributed by atoms with van der Waals surface area (Å²) in [5.74, 6) is -0.598. The molecular formula is C19H36O4. The van der Waals surface area contributed by atoms with E-state index in [1.165, 1.54) is 6.92 Å². The van der Waals surface area contributed by atoms with Gasteiger partial charge in [-0.05, 0) is 53.4 Å². The first-order valence-electron chi connectivity index (χ1n) is 8.45. The van der Waals surface area contributed by atoms with Gasteiger partial charge >= 0.3 is 11.9 Å². The van der Waals surface area contributed by atoms with Crippen molar-refractivity contribution >= 4 is 11.9 Å². The maximum Gasteiger partial charge on any atom is 0.312 e. The number of hydrogen-bond donors (Lipinski definition) is 0. The summed E-state index contributed by atoms with van der Waals surface area (Å²) in [5, 5.41) is 0.